The van der Waals surface area contributed by atoms with Crippen LogP contribution in [-0.2, 0) is 17.4 Å². The molecule has 9 heteroatoms. The van der Waals surface area contributed by atoms with Gasteiger partial charge in [-0.3, -0.25) is 4.79 Å². The van der Waals surface area contributed by atoms with Crippen molar-refractivity contribution in [3.8, 4) is 11.1 Å². The quantitative estimate of drug-likeness (QED) is 0.146. The number of pyridine rings is 1. The highest BCUT2D eigenvalue weighted by Gasteiger charge is 2.36. The fraction of sp³-hybridized carbons (Fsp3) is 0.368. The molecule has 0 aliphatic heterocycles. The van der Waals surface area contributed by atoms with Gasteiger partial charge in [-0.1, -0.05) is 70.4 Å². The van der Waals surface area contributed by atoms with Crippen LogP contribution in [-0.4, -0.2) is 34.7 Å². The Morgan fingerprint density at radius 1 is 0.936 bits per heavy atom. The monoisotopic (exact) mass is 644 g/mol. The summed E-state index contributed by atoms with van der Waals surface area (Å²) in [4.78, 5) is 17.7. The Bertz CT molecular complexity index is 1680. The number of benzene rings is 3. The molecule has 5 rings (SSSR count). The molecule has 1 amide bonds. The Balaban J connectivity index is 1.42. The molecule has 6 nitrogen and oxygen atoms in total. The summed E-state index contributed by atoms with van der Waals surface area (Å²) in [7, 11) is 0. The van der Waals surface area contributed by atoms with Crippen LogP contribution in [0.25, 0.3) is 11.1 Å². The highest BCUT2D eigenvalue weighted by molar-refractivity contribution is 5.96. The molecule has 0 saturated heterocycles. The number of carbonyl (C=O) groups excluding carboxylic acids is 1. The number of hydrogen-bond donors (Lipinski definition) is 4. The van der Waals surface area contributed by atoms with E-state index in [0.29, 0.717) is 16.9 Å². The number of anilines is 1. The van der Waals surface area contributed by atoms with Crippen molar-refractivity contribution in [1.29, 1.82) is 0 Å². The number of aliphatic hydroxyl groups is 1. The smallest absolute Gasteiger partial charge is 0.254 e. The lowest BCUT2D eigenvalue weighted by Crippen LogP contribution is -2.53. The predicted molar refractivity (Wildman–Crippen MR) is 179 cm³/mol. The topological polar surface area (TPSA) is 100 Å². The second kappa shape index (κ2) is 14.3. The predicted octanol–water partition coefficient (Wildman–Crippen LogP) is 7.20. The molecular formula is C38H43F3N4O2. The first-order valence-corrected chi connectivity index (χ1v) is 16.1. The summed E-state index contributed by atoms with van der Waals surface area (Å²) in [5.74, 6) is -2.73. The molecule has 4 aromatic rings. The Morgan fingerprint density at radius 2 is 1.64 bits per heavy atom. The number of carbonyl (C=O) groups is 1. The number of amides is 1. The van der Waals surface area contributed by atoms with Crippen LogP contribution in [0.15, 0.2) is 79.0 Å². The van der Waals surface area contributed by atoms with Gasteiger partial charge in [-0.25, -0.2) is 18.2 Å². The summed E-state index contributed by atoms with van der Waals surface area (Å²) in [6.07, 6.45) is 5.16. The van der Waals surface area contributed by atoms with E-state index in [9.17, 15) is 18.7 Å². The average Bonchev–Trinajstić information content (AvgIpc) is 3.03. The van der Waals surface area contributed by atoms with Crippen molar-refractivity contribution in [2.45, 2.75) is 82.4 Å². The van der Waals surface area contributed by atoms with Crippen LogP contribution in [0.3, 0.4) is 0 Å². The van der Waals surface area contributed by atoms with Crippen molar-refractivity contribution in [1.82, 2.24) is 15.6 Å². The van der Waals surface area contributed by atoms with Gasteiger partial charge in [-0.05, 0) is 83.3 Å². The van der Waals surface area contributed by atoms with Crippen LogP contribution >= 0.6 is 0 Å². The summed E-state index contributed by atoms with van der Waals surface area (Å²) in [6.45, 7) is 6.60. The Morgan fingerprint density at radius 3 is 2.30 bits per heavy atom. The third-order valence-corrected chi connectivity index (χ3v) is 9.13. The molecule has 1 saturated carbocycles. The second-order valence-electron chi connectivity index (χ2n) is 13.6. The van der Waals surface area contributed by atoms with E-state index >= 15 is 4.39 Å². The summed E-state index contributed by atoms with van der Waals surface area (Å²) in [5, 5.41) is 18.0. The zero-order valence-corrected chi connectivity index (χ0v) is 27.1. The number of hydrogen-bond acceptors (Lipinski definition) is 5. The van der Waals surface area contributed by atoms with E-state index in [-0.39, 0.29) is 29.5 Å². The molecule has 1 aromatic heterocycles. The van der Waals surface area contributed by atoms with Crippen LogP contribution < -0.4 is 16.4 Å². The van der Waals surface area contributed by atoms with E-state index in [2.05, 4.69) is 60.7 Å². The third-order valence-electron chi connectivity index (χ3n) is 9.13. The van der Waals surface area contributed by atoms with Gasteiger partial charge >= 0.3 is 0 Å². The van der Waals surface area contributed by atoms with Crippen LogP contribution in [0.4, 0.5) is 19.0 Å². The Hall–Kier alpha value is -4.21. The fourth-order valence-corrected chi connectivity index (χ4v) is 6.42. The molecule has 0 bridgehead atoms. The molecule has 248 valence electrons. The average molecular weight is 645 g/mol. The number of aliphatic hydroxyl groups excluding tert-OH is 1. The number of halogens is 3. The van der Waals surface area contributed by atoms with Crippen molar-refractivity contribution in [3.05, 3.63) is 119 Å². The summed E-state index contributed by atoms with van der Waals surface area (Å²) in [6, 6.07) is 18.1. The van der Waals surface area contributed by atoms with Crippen molar-refractivity contribution in [2.24, 2.45) is 0 Å². The van der Waals surface area contributed by atoms with Crippen molar-refractivity contribution < 1.29 is 23.1 Å². The first kappa shape index (κ1) is 34.1. The van der Waals surface area contributed by atoms with E-state index in [0.717, 1.165) is 55.9 Å². The number of nitrogen functional groups attached to an aromatic ring is 1. The first-order chi connectivity index (χ1) is 22.3. The molecule has 1 aliphatic carbocycles. The standard InChI is InChI=1S/C38H43F3N4O2/c1-37(2,3)27-8-7-9-28(20-27)38(14-5-4-6-15-38)44-23-34(46)33(18-24-16-29(39)21-30(40)17-24)45-36(47)31-19-25(10-12-32(31)41)26-11-13-35(42)43-22-26/h7-13,16-17,19-22,33-34,44,46H,4-6,14-15,18,23H2,1-3H3,(H2,42,43)(H,45,47)/t33-,34+/m0/s1. The molecule has 1 fully saturated rings. The normalized spacial score (nSPS) is 16.0. The van der Waals surface area contributed by atoms with E-state index < -0.39 is 41.0 Å². The molecule has 0 spiro atoms. The highest BCUT2D eigenvalue weighted by atomic mass is 19.1. The lowest BCUT2D eigenvalue weighted by molar-refractivity contribution is 0.0785. The minimum Gasteiger partial charge on any atom is -0.390 e. The lowest BCUT2D eigenvalue weighted by Gasteiger charge is -2.41. The largest absolute Gasteiger partial charge is 0.390 e. The maximum Gasteiger partial charge on any atom is 0.254 e. The molecule has 5 N–H and O–H groups in total. The Kier molecular flexibility index (Phi) is 10.4. The summed E-state index contributed by atoms with van der Waals surface area (Å²) < 4.78 is 43.4. The Labute approximate surface area is 274 Å². The van der Waals surface area contributed by atoms with Gasteiger partial charge in [0.25, 0.3) is 5.91 Å². The number of nitrogens with one attached hydrogen (secondary N) is 2. The molecule has 0 unspecified atom stereocenters. The molecule has 3 aromatic carbocycles. The van der Waals surface area contributed by atoms with Crippen LogP contribution in [0.2, 0.25) is 0 Å². The molecular weight excluding hydrogens is 601 g/mol. The molecule has 0 radical (unpaired) electrons. The summed E-state index contributed by atoms with van der Waals surface area (Å²) >= 11 is 0. The SMILES string of the molecule is CC(C)(C)c1cccc(C2(NC[C@@H](O)[C@H](Cc3cc(F)cc(F)c3)NC(=O)c3cc(-c4ccc(N)nc4)ccc3F)CCCCC2)c1. The van der Waals surface area contributed by atoms with Gasteiger partial charge in [-0.2, -0.15) is 0 Å². The van der Waals surface area contributed by atoms with E-state index in [1.165, 1.54) is 30.0 Å². The molecule has 2 atom stereocenters. The van der Waals surface area contributed by atoms with Gasteiger partial charge in [0.1, 0.15) is 23.3 Å². The highest BCUT2D eigenvalue weighted by Crippen LogP contribution is 2.39. The maximum atomic E-state index is 15.1. The number of rotatable bonds is 10. The number of nitrogens with zero attached hydrogens (tertiary/aromatic N) is 1. The number of aromatic nitrogens is 1. The number of nitrogens with two attached hydrogens (primary N) is 1. The van der Waals surface area contributed by atoms with Gasteiger partial charge in [0.05, 0.1) is 17.7 Å². The minimum atomic E-state index is -1.18. The molecule has 47 heavy (non-hydrogen) atoms. The molecule has 1 aliphatic rings. The summed E-state index contributed by atoms with van der Waals surface area (Å²) in [5.41, 5.74) is 8.80. The molecule has 1 heterocycles. The maximum absolute atomic E-state index is 15.1. The van der Waals surface area contributed by atoms with Gasteiger partial charge in [0, 0.05) is 29.9 Å². The van der Waals surface area contributed by atoms with Gasteiger partial charge in [0.2, 0.25) is 0 Å². The fourth-order valence-electron chi connectivity index (χ4n) is 6.42. The lowest BCUT2D eigenvalue weighted by atomic mass is 9.74. The first-order valence-electron chi connectivity index (χ1n) is 16.1. The van der Waals surface area contributed by atoms with Crippen LogP contribution in [0.1, 0.15) is 79.9 Å². The van der Waals surface area contributed by atoms with E-state index in [4.69, 9.17) is 5.73 Å². The van der Waals surface area contributed by atoms with Crippen molar-refractivity contribution in [3.63, 3.8) is 0 Å². The van der Waals surface area contributed by atoms with E-state index in [1.807, 2.05) is 0 Å². The third kappa shape index (κ3) is 8.39. The zero-order chi connectivity index (χ0) is 33.8. The second-order valence-corrected chi connectivity index (χ2v) is 13.6. The van der Waals surface area contributed by atoms with E-state index in [1.54, 1.807) is 12.1 Å². The minimum absolute atomic E-state index is 0.0437. The van der Waals surface area contributed by atoms with Crippen molar-refractivity contribution >= 4 is 11.7 Å². The van der Waals surface area contributed by atoms with Gasteiger partial charge in [0.15, 0.2) is 0 Å². The van der Waals surface area contributed by atoms with Crippen LogP contribution in [0.5, 0.6) is 0 Å². The van der Waals surface area contributed by atoms with Crippen LogP contribution in [0, 0.1) is 17.5 Å². The zero-order valence-electron chi connectivity index (χ0n) is 27.1. The van der Waals surface area contributed by atoms with Gasteiger partial charge in [-0.15, -0.1) is 0 Å². The van der Waals surface area contributed by atoms with Crippen molar-refractivity contribution in [2.75, 3.05) is 12.3 Å². The van der Waals surface area contributed by atoms with Gasteiger partial charge < -0.3 is 21.5 Å².